The number of nitrogens with zero attached hydrogens (tertiary/aromatic N) is 5. The van der Waals surface area contributed by atoms with Crippen molar-refractivity contribution in [1.29, 1.82) is 0 Å². The summed E-state index contributed by atoms with van der Waals surface area (Å²) in [4.78, 5) is 11.8. The number of hydrogen-bond acceptors (Lipinski definition) is 6. The molecule has 160 valence electrons. The SMILES string of the molecule is CN(c1nc2cnc(-c3cc(F)c4nn(C)cc4c3)cc2s1)C1CC2CCC[C@H](C1)N2. The van der Waals surface area contributed by atoms with Crippen LogP contribution in [0.5, 0.6) is 0 Å². The van der Waals surface area contributed by atoms with Crippen molar-refractivity contribution in [2.24, 2.45) is 7.05 Å². The molecule has 31 heavy (non-hydrogen) atoms. The molecule has 5 heterocycles. The number of thiazole rings is 1. The van der Waals surface area contributed by atoms with Gasteiger partial charge in [0, 0.05) is 49.4 Å². The van der Waals surface area contributed by atoms with Gasteiger partial charge >= 0.3 is 0 Å². The summed E-state index contributed by atoms with van der Waals surface area (Å²) >= 11 is 1.69. The van der Waals surface area contributed by atoms with Crippen molar-refractivity contribution >= 4 is 37.6 Å². The molecular formula is C23H25FN6S. The summed E-state index contributed by atoms with van der Waals surface area (Å²) in [5, 5.41) is 9.77. The fourth-order valence-electron chi connectivity index (χ4n) is 5.20. The highest BCUT2D eigenvalue weighted by molar-refractivity contribution is 7.22. The largest absolute Gasteiger partial charge is 0.348 e. The molecule has 2 aliphatic rings. The lowest BCUT2D eigenvalue weighted by atomic mass is 9.83. The van der Waals surface area contributed by atoms with Crippen molar-refractivity contribution in [3.8, 4) is 11.3 Å². The van der Waals surface area contributed by atoms with Crippen LogP contribution in [0.25, 0.3) is 32.4 Å². The average Bonchev–Trinajstić information content (AvgIpc) is 3.35. The molecule has 2 aliphatic heterocycles. The Labute approximate surface area is 184 Å². The molecule has 0 amide bonds. The first-order chi connectivity index (χ1) is 15.0. The van der Waals surface area contributed by atoms with Crippen LogP contribution in [-0.2, 0) is 7.05 Å². The molecule has 3 aromatic heterocycles. The van der Waals surface area contributed by atoms with Crippen molar-refractivity contribution in [3.05, 3.63) is 36.4 Å². The normalized spacial score (nSPS) is 23.5. The third-order valence-corrected chi connectivity index (χ3v) is 7.88. The molecule has 6 nitrogen and oxygen atoms in total. The Morgan fingerprint density at radius 2 is 2.00 bits per heavy atom. The number of fused-ring (bicyclic) bond motifs is 4. The van der Waals surface area contributed by atoms with E-state index in [1.807, 2.05) is 18.3 Å². The lowest BCUT2D eigenvalue weighted by molar-refractivity contribution is 0.219. The summed E-state index contributed by atoms with van der Waals surface area (Å²) in [6.45, 7) is 0. The number of anilines is 1. The number of aryl methyl sites for hydroxylation is 1. The first-order valence-corrected chi connectivity index (χ1v) is 11.7. The van der Waals surface area contributed by atoms with Crippen molar-refractivity contribution in [2.45, 2.75) is 50.2 Å². The number of hydrogen-bond donors (Lipinski definition) is 1. The number of pyridine rings is 1. The van der Waals surface area contributed by atoms with Crippen molar-refractivity contribution in [3.63, 3.8) is 0 Å². The molecule has 0 aliphatic carbocycles. The van der Waals surface area contributed by atoms with E-state index >= 15 is 0 Å². The molecule has 1 aromatic carbocycles. The van der Waals surface area contributed by atoms with E-state index in [1.165, 1.54) is 38.2 Å². The monoisotopic (exact) mass is 436 g/mol. The highest BCUT2D eigenvalue weighted by Crippen LogP contribution is 2.35. The molecule has 8 heteroatoms. The topological polar surface area (TPSA) is 58.9 Å². The first kappa shape index (κ1) is 19.1. The standard InChI is InChI=1S/C23H25FN6S/c1-29-12-14-6-13(7-18(24)22(14)28-29)19-10-21-20(11-25-19)27-23(31-21)30(2)17-8-15-4-3-5-16(9-17)26-15/h6-7,10-12,15-17,26H,3-5,8-9H2,1-2H3/t15-,16?,17?/m1/s1. The summed E-state index contributed by atoms with van der Waals surface area (Å²) in [5.41, 5.74) is 2.80. The number of halogens is 1. The van der Waals surface area contributed by atoms with E-state index in [2.05, 4.69) is 27.3 Å². The predicted octanol–water partition coefficient (Wildman–Crippen LogP) is 4.49. The van der Waals surface area contributed by atoms with Crippen molar-refractivity contribution in [1.82, 2.24) is 25.1 Å². The van der Waals surface area contributed by atoms with Gasteiger partial charge in [-0.25, -0.2) is 9.37 Å². The summed E-state index contributed by atoms with van der Waals surface area (Å²) in [6, 6.07) is 7.29. The van der Waals surface area contributed by atoms with E-state index in [9.17, 15) is 4.39 Å². The van der Waals surface area contributed by atoms with E-state index in [1.54, 1.807) is 29.3 Å². The summed E-state index contributed by atoms with van der Waals surface area (Å²) < 4.78 is 17.3. The number of piperidine rings is 2. The van der Waals surface area contributed by atoms with Gasteiger partial charge in [0.2, 0.25) is 0 Å². The lowest BCUT2D eigenvalue weighted by Gasteiger charge is -2.43. The molecule has 1 N–H and O–H groups in total. The second-order valence-electron chi connectivity index (χ2n) is 8.96. The average molecular weight is 437 g/mol. The highest BCUT2D eigenvalue weighted by atomic mass is 32.1. The van der Waals surface area contributed by atoms with Crippen LogP contribution in [0.2, 0.25) is 0 Å². The van der Waals surface area contributed by atoms with Crippen molar-refractivity contribution < 1.29 is 4.39 Å². The minimum Gasteiger partial charge on any atom is -0.348 e. The van der Waals surface area contributed by atoms with Gasteiger partial charge in [0.1, 0.15) is 11.0 Å². The van der Waals surface area contributed by atoms with Gasteiger partial charge in [-0.2, -0.15) is 5.10 Å². The zero-order chi connectivity index (χ0) is 21.1. The smallest absolute Gasteiger partial charge is 0.186 e. The first-order valence-electron chi connectivity index (χ1n) is 10.9. The molecule has 6 rings (SSSR count). The second-order valence-corrected chi connectivity index (χ2v) is 9.97. The molecule has 2 saturated heterocycles. The molecule has 2 bridgehead atoms. The third kappa shape index (κ3) is 3.38. The van der Waals surface area contributed by atoms with Gasteiger partial charge in [-0.15, -0.1) is 0 Å². The summed E-state index contributed by atoms with van der Waals surface area (Å²) in [6.07, 6.45) is 9.90. The van der Waals surface area contributed by atoms with Gasteiger partial charge in [0.25, 0.3) is 0 Å². The second kappa shape index (κ2) is 7.24. The van der Waals surface area contributed by atoms with Gasteiger partial charge in [-0.1, -0.05) is 17.8 Å². The lowest BCUT2D eigenvalue weighted by Crippen LogP contribution is -2.54. The molecule has 2 unspecified atom stereocenters. The fraction of sp³-hybridized carbons (Fsp3) is 0.435. The Bertz CT molecular complexity index is 1270. The molecular weight excluding hydrogens is 411 g/mol. The summed E-state index contributed by atoms with van der Waals surface area (Å²) in [7, 11) is 3.97. The van der Waals surface area contributed by atoms with E-state index in [4.69, 9.17) is 4.98 Å². The Kier molecular flexibility index (Phi) is 4.47. The van der Waals surface area contributed by atoms with Crippen LogP contribution in [0.1, 0.15) is 32.1 Å². The van der Waals surface area contributed by atoms with Crippen LogP contribution in [0.4, 0.5) is 9.52 Å². The van der Waals surface area contributed by atoms with E-state index in [0.29, 0.717) is 23.6 Å². The summed E-state index contributed by atoms with van der Waals surface area (Å²) in [5.74, 6) is -0.323. The minimum atomic E-state index is -0.323. The molecule has 0 spiro atoms. The minimum absolute atomic E-state index is 0.323. The van der Waals surface area contributed by atoms with E-state index in [0.717, 1.165) is 32.0 Å². The molecule has 0 radical (unpaired) electrons. The number of aromatic nitrogens is 4. The number of benzene rings is 1. The fourth-order valence-corrected chi connectivity index (χ4v) is 6.20. The van der Waals surface area contributed by atoms with Crippen LogP contribution in [0.3, 0.4) is 0 Å². The molecule has 0 saturated carbocycles. The van der Waals surface area contributed by atoms with Gasteiger partial charge in [-0.3, -0.25) is 9.67 Å². The van der Waals surface area contributed by atoms with Gasteiger partial charge < -0.3 is 10.2 Å². The molecule has 4 aromatic rings. The third-order valence-electron chi connectivity index (χ3n) is 6.78. The van der Waals surface area contributed by atoms with Crippen molar-refractivity contribution in [2.75, 3.05) is 11.9 Å². The maximum absolute atomic E-state index is 14.5. The van der Waals surface area contributed by atoms with Crippen LogP contribution < -0.4 is 10.2 Å². The highest BCUT2D eigenvalue weighted by Gasteiger charge is 2.33. The van der Waals surface area contributed by atoms with Crippen LogP contribution in [-0.4, -0.2) is 44.9 Å². The zero-order valence-electron chi connectivity index (χ0n) is 17.7. The Balaban J connectivity index is 1.32. The van der Waals surface area contributed by atoms with Crippen LogP contribution in [0.15, 0.2) is 30.6 Å². The molecule has 3 atom stereocenters. The van der Waals surface area contributed by atoms with Gasteiger partial charge in [-0.05, 0) is 43.9 Å². The maximum Gasteiger partial charge on any atom is 0.186 e. The predicted molar refractivity (Wildman–Crippen MR) is 123 cm³/mol. The molecule has 2 fully saturated rings. The van der Waals surface area contributed by atoms with Gasteiger partial charge in [0.05, 0.1) is 16.6 Å². The van der Waals surface area contributed by atoms with Crippen LogP contribution >= 0.6 is 11.3 Å². The Morgan fingerprint density at radius 3 is 2.81 bits per heavy atom. The van der Waals surface area contributed by atoms with Gasteiger partial charge in [0.15, 0.2) is 10.9 Å². The number of rotatable bonds is 3. The Hall–Kier alpha value is -2.58. The number of nitrogens with one attached hydrogen (secondary N) is 1. The van der Waals surface area contributed by atoms with Crippen LogP contribution in [0, 0.1) is 5.82 Å². The maximum atomic E-state index is 14.5. The zero-order valence-corrected chi connectivity index (χ0v) is 18.5. The van der Waals surface area contributed by atoms with E-state index < -0.39 is 0 Å². The quantitative estimate of drug-likeness (QED) is 0.513. The Morgan fingerprint density at radius 1 is 1.19 bits per heavy atom. The van der Waals surface area contributed by atoms with E-state index in [-0.39, 0.29) is 5.82 Å².